The van der Waals surface area contributed by atoms with Gasteiger partial charge in [0, 0.05) is 22.7 Å². The molecule has 172 valence electrons. The molecule has 0 bridgehead atoms. The molecule has 0 aromatic heterocycles. The highest BCUT2D eigenvalue weighted by atomic mass is 35.5. The van der Waals surface area contributed by atoms with Crippen molar-refractivity contribution in [2.45, 2.75) is 17.9 Å². The first kappa shape index (κ1) is 24.0. The number of carbonyl (C=O) groups is 1. The molecule has 11 heteroatoms. The van der Waals surface area contributed by atoms with Gasteiger partial charge in [0.05, 0.1) is 28.7 Å². The van der Waals surface area contributed by atoms with E-state index in [1.165, 1.54) is 43.5 Å². The Kier molecular flexibility index (Phi) is 7.19. The molecular weight excluding hydrogens is 470 g/mol. The molecule has 0 aliphatic heterocycles. The molecule has 0 fully saturated rings. The van der Waals surface area contributed by atoms with Crippen LogP contribution in [0.2, 0.25) is 5.02 Å². The zero-order chi connectivity index (χ0) is 24.2. The van der Waals surface area contributed by atoms with E-state index in [2.05, 4.69) is 10.0 Å². The van der Waals surface area contributed by atoms with Crippen LogP contribution in [0.5, 0.6) is 5.75 Å². The summed E-state index contributed by atoms with van der Waals surface area (Å²) < 4.78 is 32.9. The second-order valence-corrected chi connectivity index (χ2v) is 9.14. The third-order valence-corrected chi connectivity index (χ3v) is 6.38. The van der Waals surface area contributed by atoms with Crippen LogP contribution in [0.3, 0.4) is 0 Å². The van der Waals surface area contributed by atoms with Gasteiger partial charge in [-0.15, -0.1) is 0 Å². The standard InChI is InChI=1S/C22H20ClN3O6S/c1-14(16-4-3-5-17(23)12-16)24-22(27)15-6-9-19(10-7-15)33(30,31)25-20-13-18(26(28)29)8-11-21(20)32-2/h3-14,25H,1-2H3,(H,24,27). The number of hydrogen-bond donors (Lipinski definition) is 2. The van der Waals surface area contributed by atoms with Crippen LogP contribution in [0.15, 0.2) is 71.6 Å². The molecule has 0 saturated carbocycles. The summed E-state index contributed by atoms with van der Waals surface area (Å²) in [5.74, 6) is -0.269. The van der Waals surface area contributed by atoms with E-state index in [1.807, 2.05) is 6.07 Å². The van der Waals surface area contributed by atoms with Crippen molar-refractivity contribution in [2.75, 3.05) is 11.8 Å². The molecule has 0 spiro atoms. The highest BCUT2D eigenvalue weighted by Crippen LogP contribution is 2.31. The van der Waals surface area contributed by atoms with Crippen molar-refractivity contribution in [1.82, 2.24) is 5.32 Å². The molecule has 1 amide bonds. The van der Waals surface area contributed by atoms with Gasteiger partial charge >= 0.3 is 0 Å². The van der Waals surface area contributed by atoms with Gasteiger partial charge in [0.2, 0.25) is 0 Å². The fourth-order valence-electron chi connectivity index (χ4n) is 3.02. The summed E-state index contributed by atoms with van der Waals surface area (Å²) in [5.41, 5.74) is 0.708. The van der Waals surface area contributed by atoms with Gasteiger partial charge in [-0.05, 0) is 55.0 Å². The minimum absolute atomic E-state index is 0.0798. The SMILES string of the molecule is COc1ccc([N+](=O)[O-])cc1NS(=O)(=O)c1ccc(C(=O)NC(C)c2cccc(Cl)c2)cc1. The number of hydrogen-bond acceptors (Lipinski definition) is 6. The summed E-state index contributed by atoms with van der Waals surface area (Å²) in [5, 5.41) is 14.4. The fourth-order valence-corrected chi connectivity index (χ4v) is 4.28. The number of rotatable bonds is 8. The molecule has 3 rings (SSSR count). The minimum Gasteiger partial charge on any atom is -0.495 e. The number of methoxy groups -OCH3 is 1. The van der Waals surface area contributed by atoms with Crippen molar-refractivity contribution in [1.29, 1.82) is 0 Å². The van der Waals surface area contributed by atoms with E-state index < -0.39 is 14.9 Å². The smallest absolute Gasteiger partial charge is 0.271 e. The quantitative estimate of drug-likeness (QED) is 0.353. The molecule has 1 unspecified atom stereocenters. The lowest BCUT2D eigenvalue weighted by Crippen LogP contribution is -2.26. The van der Waals surface area contributed by atoms with E-state index in [0.717, 1.165) is 11.6 Å². The Morgan fingerprint density at radius 2 is 1.79 bits per heavy atom. The van der Waals surface area contributed by atoms with E-state index >= 15 is 0 Å². The number of anilines is 1. The van der Waals surface area contributed by atoms with Gasteiger partial charge in [-0.2, -0.15) is 0 Å². The third kappa shape index (κ3) is 5.79. The van der Waals surface area contributed by atoms with Crippen molar-refractivity contribution >= 4 is 38.9 Å². The Balaban J connectivity index is 1.77. The van der Waals surface area contributed by atoms with Crippen LogP contribution in [0.25, 0.3) is 0 Å². The van der Waals surface area contributed by atoms with Crippen molar-refractivity contribution in [3.63, 3.8) is 0 Å². The molecule has 9 nitrogen and oxygen atoms in total. The number of nitro benzene ring substituents is 1. The van der Waals surface area contributed by atoms with Crippen LogP contribution in [0.4, 0.5) is 11.4 Å². The van der Waals surface area contributed by atoms with Gasteiger partial charge in [0.15, 0.2) is 0 Å². The summed E-state index contributed by atoms with van der Waals surface area (Å²) in [6.45, 7) is 1.80. The Labute approximate surface area is 195 Å². The van der Waals surface area contributed by atoms with E-state index in [-0.39, 0.29) is 39.5 Å². The molecule has 0 heterocycles. The normalized spacial score (nSPS) is 12.0. The number of sulfonamides is 1. The molecule has 33 heavy (non-hydrogen) atoms. The van der Waals surface area contributed by atoms with Gasteiger partial charge in [-0.3, -0.25) is 19.6 Å². The maximum atomic E-state index is 12.8. The molecule has 0 aliphatic carbocycles. The van der Waals surface area contributed by atoms with Crippen molar-refractivity contribution < 1.29 is 22.9 Å². The molecule has 1 atom stereocenters. The molecule has 0 saturated heterocycles. The molecular formula is C22H20ClN3O6S. The van der Waals surface area contributed by atoms with Gasteiger partial charge in [-0.1, -0.05) is 23.7 Å². The van der Waals surface area contributed by atoms with E-state index in [9.17, 15) is 23.3 Å². The van der Waals surface area contributed by atoms with Crippen LogP contribution < -0.4 is 14.8 Å². The summed E-state index contributed by atoms with van der Waals surface area (Å²) in [4.78, 5) is 22.8. The topological polar surface area (TPSA) is 128 Å². The second-order valence-electron chi connectivity index (χ2n) is 7.02. The average molecular weight is 490 g/mol. The van der Waals surface area contributed by atoms with Gasteiger partial charge in [0.1, 0.15) is 5.75 Å². The first-order chi connectivity index (χ1) is 15.6. The number of carbonyl (C=O) groups excluding carboxylic acids is 1. The number of nitrogens with one attached hydrogen (secondary N) is 2. The van der Waals surface area contributed by atoms with E-state index in [4.69, 9.17) is 16.3 Å². The van der Waals surface area contributed by atoms with Crippen LogP contribution in [-0.2, 0) is 10.0 Å². The first-order valence-electron chi connectivity index (χ1n) is 9.62. The van der Waals surface area contributed by atoms with E-state index in [1.54, 1.807) is 25.1 Å². The highest BCUT2D eigenvalue weighted by molar-refractivity contribution is 7.92. The number of amides is 1. The van der Waals surface area contributed by atoms with Gasteiger partial charge in [-0.25, -0.2) is 8.42 Å². The first-order valence-corrected chi connectivity index (χ1v) is 11.5. The predicted octanol–water partition coefficient (Wildman–Crippen LogP) is 4.55. The van der Waals surface area contributed by atoms with Crippen molar-refractivity contribution in [2.24, 2.45) is 0 Å². The Bertz CT molecular complexity index is 1300. The lowest BCUT2D eigenvalue weighted by Gasteiger charge is -2.15. The zero-order valence-electron chi connectivity index (χ0n) is 17.6. The monoisotopic (exact) mass is 489 g/mol. The van der Waals surface area contributed by atoms with Crippen LogP contribution in [0, 0.1) is 10.1 Å². The Morgan fingerprint density at radius 1 is 1.09 bits per heavy atom. The zero-order valence-corrected chi connectivity index (χ0v) is 19.2. The van der Waals surface area contributed by atoms with Gasteiger partial charge in [0.25, 0.3) is 21.6 Å². The average Bonchev–Trinajstić information content (AvgIpc) is 2.78. The van der Waals surface area contributed by atoms with Crippen molar-refractivity contribution in [3.8, 4) is 5.75 Å². The predicted molar refractivity (Wildman–Crippen MR) is 124 cm³/mol. The number of non-ortho nitro benzene ring substituents is 1. The number of nitro groups is 1. The summed E-state index contributed by atoms with van der Waals surface area (Å²) in [6, 6.07) is 15.6. The van der Waals surface area contributed by atoms with Crippen LogP contribution >= 0.6 is 11.6 Å². The molecule has 3 aromatic rings. The summed E-state index contributed by atoms with van der Waals surface area (Å²) in [6.07, 6.45) is 0. The highest BCUT2D eigenvalue weighted by Gasteiger charge is 2.20. The van der Waals surface area contributed by atoms with E-state index in [0.29, 0.717) is 5.02 Å². The molecule has 0 radical (unpaired) electrons. The number of halogens is 1. The molecule has 0 aliphatic rings. The molecule has 3 aromatic carbocycles. The maximum absolute atomic E-state index is 12.8. The van der Waals surface area contributed by atoms with Crippen LogP contribution in [-0.4, -0.2) is 26.4 Å². The summed E-state index contributed by atoms with van der Waals surface area (Å²) in [7, 11) is -2.78. The molecule has 2 N–H and O–H groups in total. The number of ether oxygens (including phenoxy) is 1. The number of benzene rings is 3. The largest absolute Gasteiger partial charge is 0.495 e. The fraction of sp³-hybridized carbons (Fsp3) is 0.136. The van der Waals surface area contributed by atoms with Crippen LogP contribution in [0.1, 0.15) is 28.9 Å². The minimum atomic E-state index is -4.10. The lowest BCUT2D eigenvalue weighted by molar-refractivity contribution is -0.384. The lowest BCUT2D eigenvalue weighted by atomic mass is 10.1. The maximum Gasteiger partial charge on any atom is 0.271 e. The summed E-state index contributed by atoms with van der Waals surface area (Å²) >= 11 is 5.99. The third-order valence-electron chi connectivity index (χ3n) is 4.76. The van der Waals surface area contributed by atoms with Gasteiger partial charge < -0.3 is 10.1 Å². The number of nitrogens with zero attached hydrogens (tertiary/aromatic N) is 1. The Hall–Kier alpha value is -3.63. The Morgan fingerprint density at radius 3 is 2.39 bits per heavy atom. The van der Waals surface area contributed by atoms with Crippen molar-refractivity contribution in [3.05, 3.63) is 93.0 Å². The second kappa shape index (κ2) is 9.88.